The van der Waals surface area contributed by atoms with E-state index in [4.69, 9.17) is 4.74 Å². The van der Waals surface area contributed by atoms with Crippen molar-refractivity contribution in [3.63, 3.8) is 0 Å². The van der Waals surface area contributed by atoms with Crippen molar-refractivity contribution in [3.8, 4) is 5.75 Å². The molecule has 0 bridgehead atoms. The predicted molar refractivity (Wildman–Crippen MR) is 114 cm³/mol. The van der Waals surface area contributed by atoms with Crippen LogP contribution in [0.4, 0.5) is 10.1 Å². The van der Waals surface area contributed by atoms with Crippen LogP contribution in [0.2, 0.25) is 0 Å². The average molecular weight is 426 g/mol. The van der Waals surface area contributed by atoms with Crippen LogP contribution >= 0.6 is 0 Å². The Kier molecular flexibility index (Phi) is 7.21. The van der Waals surface area contributed by atoms with Crippen LogP contribution in [-0.2, 0) is 10.0 Å². The minimum absolute atomic E-state index is 0.180. The summed E-state index contributed by atoms with van der Waals surface area (Å²) < 4.78 is 45.6. The van der Waals surface area contributed by atoms with Crippen molar-refractivity contribution in [2.45, 2.75) is 17.4 Å². The van der Waals surface area contributed by atoms with E-state index in [2.05, 4.69) is 10.8 Å². The summed E-state index contributed by atoms with van der Waals surface area (Å²) in [6.07, 6.45) is 2.88. The molecule has 0 saturated carbocycles. The van der Waals surface area contributed by atoms with Gasteiger partial charge in [-0.15, -0.1) is 0 Å². The lowest BCUT2D eigenvalue weighted by Gasteiger charge is -2.09. The quantitative estimate of drug-likeness (QED) is 0.536. The summed E-state index contributed by atoms with van der Waals surface area (Å²) in [5.41, 5.74) is 1.15. The van der Waals surface area contributed by atoms with Crippen molar-refractivity contribution in [2.24, 2.45) is 0 Å². The zero-order valence-corrected chi connectivity index (χ0v) is 16.8. The number of halogens is 1. The molecule has 0 aromatic heterocycles. The molecule has 0 aliphatic heterocycles. The summed E-state index contributed by atoms with van der Waals surface area (Å²) in [7, 11) is -3.67. The molecule has 2 N–H and O–H groups in total. The van der Waals surface area contributed by atoms with E-state index in [9.17, 15) is 17.9 Å². The zero-order chi connectivity index (χ0) is 21.4. The Morgan fingerprint density at radius 3 is 2.63 bits per heavy atom. The molecule has 1 radical (unpaired) electrons. The molecule has 0 aliphatic carbocycles. The van der Waals surface area contributed by atoms with Crippen LogP contribution in [0, 0.1) is 11.9 Å². The van der Waals surface area contributed by atoms with E-state index in [1.165, 1.54) is 30.3 Å². The number of aliphatic hydroxyl groups excluding tert-OH is 1. The fourth-order valence-corrected chi connectivity index (χ4v) is 3.68. The zero-order valence-electron chi connectivity index (χ0n) is 16.0. The number of rotatable bonds is 9. The first-order valence-electron chi connectivity index (χ1n) is 9.27. The molecule has 0 saturated heterocycles. The van der Waals surface area contributed by atoms with E-state index in [1.807, 2.05) is 0 Å². The van der Waals surface area contributed by atoms with Gasteiger partial charge in [-0.3, -0.25) is 4.72 Å². The van der Waals surface area contributed by atoms with Crippen molar-refractivity contribution in [2.75, 3.05) is 11.3 Å². The molecule has 5 nitrogen and oxygen atoms in total. The second-order valence-electron chi connectivity index (χ2n) is 6.48. The molecule has 3 rings (SSSR count). The van der Waals surface area contributed by atoms with Gasteiger partial charge in [-0.2, -0.15) is 0 Å². The van der Waals surface area contributed by atoms with E-state index in [0.717, 1.165) is 5.56 Å². The molecule has 3 aromatic carbocycles. The fourth-order valence-electron chi connectivity index (χ4n) is 2.61. The average Bonchev–Trinajstić information content (AvgIpc) is 2.74. The fraction of sp³-hybridized carbons (Fsp3) is 0.130. The van der Waals surface area contributed by atoms with Gasteiger partial charge in [-0.25, -0.2) is 12.8 Å². The molecule has 30 heavy (non-hydrogen) atoms. The van der Waals surface area contributed by atoms with Gasteiger partial charge < -0.3 is 9.84 Å². The van der Waals surface area contributed by atoms with Gasteiger partial charge in [0.1, 0.15) is 11.6 Å². The number of benzene rings is 3. The van der Waals surface area contributed by atoms with E-state index in [-0.39, 0.29) is 11.5 Å². The molecule has 155 valence electrons. The third kappa shape index (κ3) is 6.43. The number of sulfonamides is 1. The summed E-state index contributed by atoms with van der Waals surface area (Å²) in [6.45, 7) is 0.241. The van der Waals surface area contributed by atoms with E-state index in [1.54, 1.807) is 54.6 Å². The smallest absolute Gasteiger partial charge is 0.261 e. The summed E-state index contributed by atoms with van der Waals surface area (Å²) in [5, 5.41) is 10.1. The summed E-state index contributed by atoms with van der Waals surface area (Å²) in [6, 6.07) is 21.6. The number of hydrogen-bond donors (Lipinski definition) is 2. The first kappa shape index (κ1) is 21.5. The van der Waals surface area contributed by atoms with Crippen LogP contribution in [0.25, 0.3) is 6.08 Å². The highest BCUT2D eigenvalue weighted by Crippen LogP contribution is 2.18. The van der Waals surface area contributed by atoms with Crippen molar-refractivity contribution in [1.29, 1.82) is 0 Å². The molecule has 1 atom stereocenters. The lowest BCUT2D eigenvalue weighted by Crippen LogP contribution is -2.12. The highest BCUT2D eigenvalue weighted by atomic mass is 32.2. The largest absolute Gasteiger partial charge is 0.493 e. The number of hydrogen-bond acceptors (Lipinski definition) is 4. The van der Waals surface area contributed by atoms with Crippen molar-refractivity contribution < 1.29 is 22.7 Å². The van der Waals surface area contributed by atoms with Gasteiger partial charge in [0.25, 0.3) is 10.0 Å². The summed E-state index contributed by atoms with van der Waals surface area (Å²) in [4.78, 5) is 0.180. The summed E-state index contributed by atoms with van der Waals surface area (Å²) >= 11 is 0. The highest BCUT2D eigenvalue weighted by Gasteiger charge is 2.13. The Morgan fingerprint density at radius 2 is 1.90 bits per heavy atom. The molecule has 0 aliphatic rings. The van der Waals surface area contributed by atoms with E-state index < -0.39 is 21.9 Å². The Morgan fingerprint density at radius 1 is 1.10 bits per heavy atom. The van der Waals surface area contributed by atoms with Gasteiger partial charge in [-0.05, 0) is 48.0 Å². The lowest BCUT2D eigenvalue weighted by molar-refractivity contribution is 0.179. The molecule has 0 amide bonds. The second-order valence-corrected chi connectivity index (χ2v) is 8.16. The minimum atomic E-state index is -3.67. The molecule has 3 aromatic rings. The van der Waals surface area contributed by atoms with Crippen LogP contribution in [0.1, 0.15) is 12.0 Å². The third-order valence-electron chi connectivity index (χ3n) is 4.12. The van der Waals surface area contributed by atoms with Gasteiger partial charge in [0.15, 0.2) is 0 Å². The van der Waals surface area contributed by atoms with Crippen LogP contribution in [0.3, 0.4) is 0 Å². The molecule has 0 spiro atoms. The Bertz CT molecular complexity index is 1080. The van der Waals surface area contributed by atoms with E-state index in [0.29, 0.717) is 17.9 Å². The summed E-state index contributed by atoms with van der Waals surface area (Å²) in [5.74, 6) is 0.0181. The van der Waals surface area contributed by atoms with Crippen LogP contribution in [0.15, 0.2) is 83.8 Å². The highest BCUT2D eigenvalue weighted by molar-refractivity contribution is 7.92. The van der Waals surface area contributed by atoms with Gasteiger partial charge in [0.05, 0.1) is 17.6 Å². The van der Waals surface area contributed by atoms with Crippen LogP contribution in [-0.4, -0.2) is 26.2 Å². The number of anilines is 1. The van der Waals surface area contributed by atoms with Crippen molar-refractivity contribution in [1.82, 2.24) is 0 Å². The SMILES string of the molecule is O=S(=O)(Nc1cccc(/C=C/[C@H](O)CCOc2[c]cc(F)cc2)c1)c1ccccc1. The number of nitrogens with one attached hydrogen (secondary N) is 1. The molecule has 7 heteroatoms. The normalized spacial score (nSPS) is 12.6. The van der Waals surface area contributed by atoms with Crippen molar-refractivity contribution in [3.05, 3.63) is 96.3 Å². The first-order valence-corrected chi connectivity index (χ1v) is 10.7. The predicted octanol–water partition coefficient (Wildman–Crippen LogP) is 4.27. The Labute approximate surface area is 175 Å². The lowest BCUT2D eigenvalue weighted by atomic mass is 10.1. The monoisotopic (exact) mass is 426 g/mol. The van der Waals surface area contributed by atoms with Crippen LogP contribution < -0.4 is 9.46 Å². The van der Waals surface area contributed by atoms with Gasteiger partial charge >= 0.3 is 0 Å². The molecular formula is C23H21FNO4S. The van der Waals surface area contributed by atoms with Gasteiger partial charge in [0.2, 0.25) is 0 Å². The standard InChI is InChI=1S/C23H21FNO4S/c24-19-10-13-22(14-11-19)29-16-15-21(26)12-9-18-5-4-6-20(17-18)25-30(27,28)23-7-2-1-3-8-23/h1-13,17,21,25-26H,15-16H2/b12-9+/t21-/m0/s1. The minimum Gasteiger partial charge on any atom is -0.493 e. The Balaban J connectivity index is 1.55. The molecule has 0 heterocycles. The number of ether oxygens (including phenoxy) is 1. The maximum Gasteiger partial charge on any atom is 0.261 e. The molecular weight excluding hydrogens is 405 g/mol. The van der Waals surface area contributed by atoms with Crippen molar-refractivity contribution >= 4 is 21.8 Å². The van der Waals surface area contributed by atoms with Gasteiger partial charge in [0, 0.05) is 18.2 Å². The number of aliphatic hydroxyl groups is 1. The second kappa shape index (κ2) is 10.0. The third-order valence-corrected chi connectivity index (χ3v) is 5.52. The molecule has 0 unspecified atom stereocenters. The first-order chi connectivity index (χ1) is 14.4. The Hall–Kier alpha value is -3.16. The molecule has 0 fully saturated rings. The maximum absolute atomic E-state index is 12.8. The van der Waals surface area contributed by atoms with E-state index >= 15 is 0 Å². The maximum atomic E-state index is 12.8. The van der Waals surface area contributed by atoms with Gasteiger partial charge in [-0.1, -0.05) is 42.5 Å². The topological polar surface area (TPSA) is 75.6 Å². The van der Waals surface area contributed by atoms with Crippen LogP contribution in [0.5, 0.6) is 5.75 Å².